The largest absolute Gasteiger partial charge is 0.459 e. The third-order valence-electron chi connectivity index (χ3n) is 3.80. The maximum Gasteiger partial charge on any atom is 0.339 e. The quantitative estimate of drug-likeness (QED) is 0.672. The topological polar surface area (TPSA) is 52.3 Å². The molecule has 2 unspecified atom stereocenters. The molecule has 0 aromatic heterocycles. The molecule has 2 N–H and O–H groups in total. The van der Waals surface area contributed by atoms with Crippen LogP contribution in [0.1, 0.15) is 49.4 Å². The summed E-state index contributed by atoms with van der Waals surface area (Å²) in [4.78, 5) is 12.1. The van der Waals surface area contributed by atoms with Crippen LogP contribution in [0.25, 0.3) is 0 Å². The maximum atomic E-state index is 12.1. The number of nitrogens with two attached hydrogens (primary N) is 1. The molecule has 0 spiro atoms. The van der Waals surface area contributed by atoms with Crippen LogP contribution in [0, 0.1) is 5.92 Å². The van der Waals surface area contributed by atoms with E-state index in [-0.39, 0.29) is 12.1 Å². The van der Waals surface area contributed by atoms with Crippen LogP contribution in [-0.4, -0.2) is 12.1 Å². The molecule has 1 aliphatic carbocycles. The summed E-state index contributed by atoms with van der Waals surface area (Å²) < 4.78 is 5.57. The average Bonchev–Trinajstić information content (AvgIpc) is 2.38. The molecule has 0 aliphatic heterocycles. The molecule has 104 valence electrons. The SMILES string of the molecule is CCC1CCCC(OC(=O)c2ccc(N)cc2Cl)C1. The highest BCUT2D eigenvalue weighted by atomic mass is 35.5. The van der Waals surface area contributed by atoms with Crippen molar-refractivity contribution in [3.05, 3.63) is 28.8 Å². The van der Waals surface area contributed by atoms with Crippen molar-refractivity contribution in [2.24, 2.45) is 5.92 Å². The van der Waals surface area contributed by atoms with Gasteiger partial charge in [0.15, 0.2) is 0 Å². The Kier molecular flexibility index (Phi) is 4.70. The van der Waals surface area contributed by atoms with Crippen LogP contribution in [0.5, 0.6) is 0 Å². The van der Waals surface area contributed by atoms with Gasteiger partial charge in [-0.2, -0.15) is 0 Å². The highest BCUT2D eigenvalue weighted by Crippen LogP contribution is 2.29. The van der Waals surface area contributed by atoms with Crippen LogP contribution in [0.3, 0.4) is 0 Å². The lowest BCUT2D eigenvalue weighted by molar-refractivity contribution is 0.0140. The smallest absolute Gasteiger partial charge is 0.339 e. The summed E-state index contributed by atoms with van der Waals surface area (Å²) in [7, 11) is 0. The van der Waals surface area contributed by atoms with E-state index in [9.17, 15) is 4.79 Å². The Morgan fingerprint density at radius 1 is 1.47 bits per heavy atom. The molecule has 2 rings (SSSR count). The summed E-state index contributed by atoms with van der Waals surface area (Å²) in [5.41, 5.74) is 6.56. The number of esters is 1. The number of benzene rings is 1. The van der Waals surface area contributed by atoms with Crippen molar-refractivity contribution in [3.63, 3.8) is 0 Å². The molecule has 1 aromatic rings. The second kappa shape index (κ2) is 6.29. The first kappa shape index (κ1) is 14.2. The van der Waals surface area contributed by atoms with E-state index in [0.717, 1.165) is 25.7 Å². The van der Waals surface area contributed by atoms with Gasteiger partial charge in [-0.05, 0) is 43.4 Å². The van der Waals surface area contributed by atoms with Crippen LogP contribution >= 0.6 is 11.6 Å². The minimum Gasteiger partial charge on any atom is -0.459 e. The van der Waals surface area contributed by atoms with Gasteiger partial charge in [-0.1, -0.05) is 31.4 Å². The molecule has 1 aromatic carbocycles. The number of ether oxygens (including phenoxy) is 1. The normalized spacial score (nSPS) is 23.1. The summed E-state index contributed by atoms with van der Waals surface area (Å²) >= 11 is 6.02. The van der Waals surface area contributed by atoms with E-state index >= 15 is 0 Å². The first-order valence-corrected chi connectivity index (χ1v) is 7.24. The lowest BCUT2D eigenvalue weighted by Crippen LogP contribution is -2.25. The van der Waals surface area contributed by atoms with E-state index in [4.69, 9.17) is 22.1 Å². The van der Waals surface area contributed by atoms with E-state index in [1.165, 1.54) is 6.42 Å². The van der Waals surface area contributed by atoms with Gasteiger partial charge in [0.25, 0.3) is 0 Å². The second-order valence-corrected chi connectivity index (χ2v) is 5.61. The maximum absolute atomic E-state index is 12.1. The summed E-state index contributed by atoms with van der Waals surface area (Å²) in [5.74, 6) is 0.334. The Balaban J connectivity index is 2.00. The summed E-state index contributed by atoms with van der Waals surface area (Å²) in [6.45, 7) is 2.19. The molecule has 2 atom stereocenters. The molecular formula is C15H20ClNO2. The molecule has 3 nitrogen and oxygen atoms in total. The number of halogens is 1. The minimum absolute atomic E-state index is 0.0276. The zero-order valence-electron chi connectivity index (χ0n) is 11.2. The molecule has 0 radical (unpaired) electrons. The Morgan fingerprint density at radius 3 is 2.95 bits per heavy atom. The number of carbonyl (C=O) groups is 1. The summed E-state index contributed by atoms with van der Waals surface area (Å²) in [5, 5.41) is 0.354. The van der Waals surface area contributed by atoms with E-state index in [1.807, 2.05) is 0 Å². The number of anilines is 1. The number of hydrogen-bond acceptors (Lipinski definition) is 3. The first-order chi connectivity index (χ1) is 9.10. The fourth-order valence-corrected chi connectivity index (χ4v) is 2.90. The van der Waals surface area contributed by atoms with Crippen molar-refractivity contribution in [2.45, 2.75) is 45.1 Å². The van der Waals surface area contributed by atoms with Crippen LogP contribution < -0.4 is 5.73 Å². The van der Waals surface area contributed by atoms with Gasteiger partial charge >= 0.3 is 5.97 Å². The molecular weight excluding hydrogens is 262 g/mol. The van der Waals surface area contributed by atoms with Gasteiger partial charge in [-0.15, -0.1) is 0 Å². The molecule has 19 heavy (non-hydrogen) atoms. The van der Waals surface area contributed by atoms with Gasteiger partial charge in [0, 0.05) is 5.69 Å². The van der Waals surface area contributed by atoms with Crippen LogP contribution in [-0.2, 0) is 4.74 Å². The fourth-order valence-electron chi connectivity index (χ4n) is 2.63. The zero-order chi connectivity index (χ0) is 13.8. The Morgan fingerprint density at radius 2 is 2.26 bits per heavy atom. The van der Waals surface area contributed by atoms with E-state index in [2.05, 4.69) is 6.92 Å². The molecule has 0 saturated heterocycles. The average molecular weight is 282 g/mol. The molecule has 1 fully saturated rings. The highest BCUT2D eigenvalue weighted by Gasteiger charge is 2.24. The molecule has 0 amide bonds. The van der Waals surface area contributed by atoms with Crippen molar-refractivity contribution in [1.82, 2.24) is 0 Å². The highest BCUT2D eigenvalue weighted by molar-refractivity contribution is 6.33. The molecule has 0 heterocycles. The lowest BCUT2D eigenvalue weighted by atomic mass is 9.85. The standard InChI is InChI=1S/C15H20ClNO2/c1-2-10-4-3-5-12(8-10)19-15(18)13-7-6-11(17)9-14(13)16/h6-7,9-10,12H,2-5,8,17H2,1H3. The van der Waals surface area contributed by atoms with Crippen molar-refractivity contribution >= 4 is 23.3 Å². The lowest BCUT2D eigenvalue weighted by Gasteiger charge is -2.28. The predicted molar refractivity (Wildman–Crippen MR) is 77.3 cm³/mol. The van der Waals surface area contributed by atoms with Gasteiger partial charge in [0.05, 0.1) is 10.6 Å². The van der Waals surface area contributed by atoms with Crippen molar-refractivity contribution < 1.29 is 9.53 Å². The van der Waals surface area contributed by atoms with E-state index in [1.54, 1.807) is 18.2 Å². The number of carbonyl (C=O) groups excluding carboxylic acids is 1. The molecule has 1 saturated carbocycles. The van der Waals surface area contributed by atoms with Gasteiger partial charge in [-0.25, -0.2) is 4.79 Å². The second-order valence-electron chi connectivity index (χ2n) is 5.21. The third-order valence-corrected chi connectivity index (χ3v) is 4.11. The number of nitrogen functional groups attached to an aromatic ring is 1. The summed E-state index contributed by atoms with van der Waals surface area (Å²) in [6, 6.07) is 4.87. The van der Waals surface area contributed by atoms with Gasteiger partial charge < -0.3 is 10.5 Å². The monoisotopic (exact) mass is 281 g/mol. The van der Waals surface area contributed by atoms with Crippen molar-refractivity contribution in [2.75, 3.05) is 5.73 Å². The molecule has 1 aliphatic rings. The van der Waals surface area contributed by atoms with Crippen molar-refractivity contribution in [1.29, 1.82) is 0 Å². The van der Waals surface area contributed by atoms with Crippen LogP contribution in [0.15, 0.2) is 18.2 Å². The Labute approximate surface area is 119 Å². The number of hydrogen-bond donors (Lipinski definition) is 1. The molecule has 0 bridgehead atoms. The van der Waals surface area contributed by atoms with E-state index < -0.39 is 0 Å². The summed E-state index contributed by atoms with van der Waals surface area (Å²) in [6.07, 6.45) is 5.47. The van der Waals surface area contributed by atoms with Crippen LogP contribution in [0.2, 0.25) is 5.02 Å². The predicted octanol–water partition coefficient (Wildman–Crippen LogP) is 4.05. The fraction of sp³-hybridized carbons (Fsp3) is 0.533. The number of rotatable bonds is 3. The Bertz CT molecular complexity index is 461. The Hall–Kier alpha value is -1.22. The van der Waals surface area contributed by atoms with Gasteiger partial charge in [0.1, 0.15) is 6.10 Å². The van der Waals surface area contributed by atoms with E-state index in [0.29, 0.717) is 22.2 Å². The third kappa shape index (κ3) is 3.63. The van der Waals surface area contributed by atoms with Gasteiger partial charge in [-0.3, -0.25) is 0 Å². The zero-order valence-corrected chi connectivity index (χ0v) is 12.0. The molecule has 4 heteroatoms. The van der Waals surface area contributed by atoms with Crippen molar-refractivity contribution in [3.8, 4) is 0 Å². The van der Waals surface area contributed by atoms with Gasteiger partial charge in [0.2, 0.25) is 0 Å². The first-order valence-electron chi connectivity index (χ1n) is 6.86. The van der Waals surface area contributed by atoms with Crippen LogP contribution in [0.4, 0.5) is 5.69 Å². The minimum atomic E-state index is -0.341.